The zero-order valence-electron chi connectivity index (χ0n) is 18.1. The predicted octanol–water partition coefficient (Wildman–Crippen LogP) is 6.20. The number of carbonyl (C=O) groups is 1. The summed E-state index contributed by atoms with van der Waals surface area (Å²) in [6.07, 6.45) is 1.97. The summed E-state index contributed by atoms with van der Waals surface area (Å²) in [5.41, 5.74) is 3.15. The summed E-state index contributed by atoms with van der Waals surface area (Å²) in [5, 5.41) is 11.8. The van der Waals surface area contributed by atoms with Crippen molar-refractivity contribution in [3.8, 4) is 11.4 Å². The monoisotopic (exact) mass is 458 g/mol. The molecule has 1 aliphatic carbocycles. The number of hydrogen-bond acceptors (Lipinski definition) is 4. The van der Waals surface area contributed by atoms with Crippen molar-refractivity contribution in [2.75, 3.05) is 5.32 Å². The first-order valence-electron chi connectivity index (χ1n) is 10.9. The topological polar surface area (TPSA) is 59.8 Å². The molecule has 1 saturated carbocycles. The second-order valence-electron chi connectivity index (χ2n) is 8.15. The molecule has 166 valence electrons. The van der Waals surface area contributed by atoms with E-state index >= 15 is 0 Å². The molecule has 33 heavy (non-hydrogen) atoms. The largest absolute Gasteiger partial charge is 0.325 e. The number of amides is 1. The van der Waals surface area contributed by atoms with Crippen LogP contribution in [0.1, 0.15) is 35.3 Å². The summed E-state index contributed by atoms with van der Waals surface area (Å²) in [7, 11) is 0. The second kappa shape index (κ2) is 9.19. The van der Waals surface area contributed by atoms with Crippen LogP contribution in [0.2, 0.25) is 0 Å². The first-order valence-corrected chi connectivity index (χ1v) is 11.8. The molecule has 0 spiro atoms. The van der Waals surface area contributed by atoms with E-state index < -0.39 is 5.25 Å². The first kappa shape index (κ1) is 21.4. The van der Waals surface area contributed by atoms with Gasteiger partial charge < -0.3 is 5.32 Å². The van der Waals surface area contributed by atoms with Gasteiger partial charge in [-0.3, -0.25) is 9.36 Å². The highest BCUT2D eigenvalue weighted by atomic mass is 32.2. The molecule has 3 aromatic carbocycles. The Balaban J connectivity index is 1.49. The van der Waals surface area contributed by atoms with Crippen molar-refractivity contribution in [1.82, 2.24) is 14.8 Å². The Labute approximate surface area is 196 Å². The maximum atomic E-state index is 14.5. The van der Waals surface area contributed by atoms with Crippen molar-refractivity contribution in [2.24, 2.45) is 0 Å². The van der Waals surface area contributed by atoms with Gasteiger partial charge in [0, 0.05) is 11.7 Å². The maximum Gasteiger partial charge on any atom is 0.242 e. The van der Waals surface area contributed by atoms with E-state index in [1.807, 2.05) is 66.1 Å². The molecule has 1 aliphatic rings. The Kier molecular flexibility index (Phi) is 5.96. The van der Waals surface area contributed by atoms with Crippen LogP contribution in [0.3, 0.4) is 0 Å². The molecule has 0 radical (unpaired) electrons. The maximum absolute atomic E-state index is 14.5. The first-order chi connectivity index (χ1) is 16.1. The Morgan fingerprint density at radius 3 is 2.39 bits per heavy atom. The van der Waals surface area contributed by atoms with Gasteiger partial charge in [0.15, 0.2) is 11.0 Å². The molecular weight excluding hydrogens is 435 g/mol. The summed E-state index contributed by atoms with van der Waals surface area (Å²) in [4.78, 5) is 13.4. The lowest BCUT2D eigenvalue weighted by molar-refractivity contribution is -0.115. The molecule has 0 aliphatic heterocycles. The van der Waals surface area contributed by atoms with E-state index in [9.17, 15) is 9.18 Å². The molecule has 5 rings (SSSR count). The van der Waals surface area contributed by atoms with Gasteiger partial charge in [-0.05, 0) is 49.6 Å². The zero-order chi connectivity index (χ0) is 22.8. The zero-order valence-corrected chi connectivity index (χ0v) is 18.9. The fourth-order valence-corrected chi connectivity index (χ4v) is 4.80. The molecule has 5 nitrogen and oxygen atoms in total. The van der Waals surface area contributed by atoms with Gasteiger partial charge >= 0.3 is 0 Å². The lowest BCUT2D eigenvalue weighted by Gasteiger charge is -2.18. The van der Waals surface area contributed by atoms with Gasteiger partial charge in [-0.25, -0.2) is 4.39 Å². The Morgan fingerprint density at radius 1 is 1.00 bits per heavy atom. The molecule has 1 fully saturated rings. The van der Waals surface area contributed by atoms with Crippen LogP contribution in [0.5, 0.6) is 0 Å². The summed E-state index contributed by atoms with van der Waals surface area (Å²) >= 11 is 1.34. The minimum atomic E-state index is -0.539. The fraction of sp³-hybridized carbons (Fsp3) is 0.192. The van der Waals surface area contributed by atoms with Crippen LogP contribution in [0.4, 0.5) is 10.1 Å². The third-order valence-corrected chi connectivity index (χ3v) is 6.79. The minimum absolute atomic E-state index is 0.146. The standard InChI is InChI=1S/C26H23FN4OS/c1-17-11-13-19(14-12-17)28-25(32)23(18-7-3-2-4-8-18)33-26-30-29-24(31(26)20-15-16-20)21-9-5-6-10-22(21)27/h2-14,20,23H,15-16H2,1H3,(H,28,32)/t23-/m0/s1. The Bertz CT molecular complexity index is 1270. The highest BCUT2D eigenvalue weighted by molar-refractivity contribution is 8.00. The number of hydrogen-bond donors (Lipinski definition) is 1. The summed E-state index contributed by atoms with van der Waals surface area (Å²) in [6.45, 7) is 2.01. The number of nitrogens with one attached hydrogen (secondary N) is 1. The number of anilines is 1. The number of aryl methyl sites for hydroxylation is 1. The molecule has 0 bridgehead atoms. The molecule has 7 heteroatoms. The average Bonchev–Trinajstić information content (AvgIpc) is 3.59. The molecule has 1 N–H and O–H groups in total. The van der Waals surface area contributed by atoms with Crippen LogP contribution in [0.25, 0.3) is 11.4 Å². The molecule has 1 aromatic heterocycles. The van der Waals surface area contributed by atoms with Gasteiger partial charge in [-0.2, -0.15) is 0 Å². The van der Waals surface area contributed by atoms with Crippen LogP contribution in [0.15, 0.2) is 84.0 Å². The van der Waals surface area contributed by atoms with Crippen LogP contribution >= 0.6 is 11.8 Å². The highest BCUT2D eigenvalue weighted by Crippen LogP contribution is 2.44. The van der Waals surface area contributed by atoms with E-state index in [0.29, 0.717) is 16.5 Å². The SMILES string of the molecule is Cc1ccc(NC(=O)[C@@H](Sc2nnc(-c3ccccc3F)n2C2CC2)c2ccccc2)cc1. The number of thioether (sulfide) groups is 1. The van der Waals surface area contributed by atoms with E-state index in [1.165, 1.54) is 17.8 Å². The van der Waals surface area contributed by atoms with Gasteiger partial charge in [-0.15, -0.1) is 10.2 Å². The normalized spacial score (nSPS) is 14.1. The van der Waals surface area contributed by atoms with Crippen molar-refractivity contribution in [1.29, 1.82) is 0 Å². The van der Waals surface area contributed by atoms with Crippen LogP contribution < -0.4 is 5.32 Å². The summed E-state index contributed by atoms with van der Waals surface area (Å²) in [6, 6.07) is 24.1. The van der Waals surface area contributed by atoms with E-state index in [-0.39, 0.29) is 17.8 Å². The van der Waals surface area contributed by atoms with Gasteiger partial charge in [-0.1, -0.05) is 71.9 Å². The molecule has 1 amide bonds. The van der Waals surface area contributed by atoms with Crippen molar-refractivity contribution in [3.63, 3.8) is 0 Å². The molecule has 0 saturated heterocycles. The van der Waals surface area contributed by atoms with Gasteiger partial charge in [0.25, 0.3) is 0 Å². The third-order valence-electron chi connectivity index (χ3n) is 5.57. The van der Waals surface area contributed by atoms with Crippen molar-refractivity contribution < 1.29 is 9.18 Å². The van der Waals surface area contributed by atoms with Crippen molar-refractivity contribution in [3.05, 3.63) is 95.8 Å². The van der Waals surface area contributed by atoms with Gasteiger partial charge in [0.1, 0.15) is 11.1 Å². The van der Waals surface area contributed by atoms with Crippen molar-refractivity contribution in [2.45, 2.75) is 36.2 Å². The molecule has 0 unspecified atom stereocenters. The number of carbonyl (C=O) groups excluding carboxylic acids is 1. The van der Waals surface area contributed by atoms with E-state index in [2.05, 4.69) is 15.5 Å². The van der Waals surface area contributed by atoms with Crippen molar-refractivity contribution >= 4 is 23.4 Å². The van der Waals surface area contributed by atoms with Crippen LogP contribution in [-0.4, -0.2) is 20.7 Å². The van der Waals surface area contributed by atoms with E-state index in [0.717, 1.165) is 29.7 Å². The third kappa shape index (κ3) is 4.68. The molecular formula is C26H23FN4OS. The number of rotatable bonds is 7. The molecule has 1 heterocycles. The Hall–Kier alpha value is -3.45. The van der Waals surface area contributed by atoms with Gasteiger partial charge in [0.2, 0.25) is 5.91 Å². The summed E-state index contributed by atoms with van der Waals surface area (Å²) in [5.74, 6) is 0.0248. The number of benzene rings is 3. The fourth-order valence-electron chi connectivity index (χ4n) is 3.70. The quantitative estimate of drug-likeness (QED) is 0.335. The van der Waals surface area contributed by atoms with Gasteiger partial charge in [0.05, 0.1) is 5.56 Å². The lowest BCUT2D eigenvalue weighted by Crippen LogP contribution is -2.19. The average molecular weight is 459 g/mol. The predicted molar refractivity (Wildman–Crippen MR) is 129 cm³/mol. The molecule has 4 aromatic rings. The Morgan fingerprint density at radius 2 is 1.70 bits per heavy atom. The van der Waals surface area contributed by atoms with E-state index in [4.69, 9.17) is 0 Å². The highest BCUT2D eigenvalue weighted by Gasteiger charge is 2.33. The number of aromatic nitrogens is 3. The summed E-state index contributed by atoms with van der Waals surface area (Å²) < 4.78 is 16.5. The van der Waals surface area contributed by atoms with Crippen LogP contribution in [-0.2, 0) is 4.79 Å². The smallest absolute Gasteiger partial charge is 0.242 e. The molecule has 1 atom stereocenters. The lowest BCUT2D eigenvalue weighted by atomic mass is 10.1. The van der Waals surface area contributed by atoms with E-state index in [1.54, 1.807) is 18.2 Å². The second-order valence-corrected chi connectivity index (χ2v) is 9.22. The number of nitrogens with zero attached hydrogens (tertiary/aromatic N) is 3. The number of halogens is 1. The minimum Gasteiger partial charge on any atom is -0.325 e. The van der Waals surface area contributed by atoms with Crippen LogP contribution in [0, 0.1) is 12.7 Å².